The van der Waals surface area contributed by atoms with Crippen LogP contribution in [0.5, 0.6) is 0 Å². The van der Waals surface area contributed by atoms with Crippen LogP contribution in [0.3, 0.4) is 0 Å². The minimum absolute atomic E-state index is 0.0756. The fourth-order valence-corrected chi connectivity index (χ4v) is 1.57. The molecule has 0 saturated heterocycles. The third-order valence-corrected chi connectivity index (χ3v) is 2.88. The van der Waals surface area contributed by atoms with E-state index in [1.807, 2.05) is 0 Å². The molecule has 2 aromatic rings. The predicted octanol–water partition coefficient (Wildman–Crippen LogP) is 1.05. The molecule has 2 rings (SSSR count). The third-order valence-electron chi connectivity index (χ3n) is 1.75. The lowest BCUT2D eigenvalue weighted by Gasteiger charge is -1.96. The monoisotopic (exact) mass is 286 g/mol. The molecule has 18 heavy (non-hydrogen) atoms. The van der Waals surface area contributed by atoms with Gasteiger partial charge in [-0.2, -0.15) is 5.10 Å². The maximum absolute atomic E-state index is 10.7. The average molecular weight is 287 g/mol. The van der Waals surface area contributed by atoms with Crippen molar-refractivity contribution in [3.05, 3.63) is 47.7 Å². The minimum atomic E-state index is -3.58. The van der Waals surface area contributed by atoms with Gasteiger partial charge in [-0.15, -0.1) is 5.10 Å². The lowest BCUT2D eigenvalue weighted by Crippen LogP contribution is -2.11. The van der Waals surface area contributed by atoms with Gasteiger partial charge in [-0.3, -0.25) is 0 Å². The molecule has 0 aliphatic rings. The van der Waals surface area contributed by atoms with E-state index < -0.39 is 10.0 Å². The van der Waals surface area contributed by atoms with E-state index in [2.05, 4.69) is 10.2 Å². The first-order chi connectivity index (χ1) is 8.39. The first kappa shape index (κ1) is 14.4. The summed E-state index contributed by atoms with van der Waals surface area (Å²) in [6.45, 7) is 0. The number of hydrogen-bond donors (Lipinski definition) is 2. The molecule has 0 unspecified atom stereocenters. The van der Waals surface area contributed by atoms with Crippen molar-refractivity contribution in [3.8, 4) is 0 Å². The number of nitrogens with two attached hydrogens (primary N) is 2. The fraction of sp³-hybridized carbons (Fsp3) is 0. The molecule has 0 bridgehead atoms. The van der Waals surface area contributed by atoms with Crippen LogP contribution in [0.4, 0.5) is 5.69 Å². The SMILES string of the molecule is Clc1cccnn1.Nc1ccc(S(N)(=O)=O)cc1. The van der Waals surface area contributed by atoms with Crippen LogP contribution in [0.25, 0.3) is 0 Å². The summed E-state index contributed by atoms with van der Waals surface area (Å²) in [7, 11) is -3.58. The standard InChI is InChI=1S/C6H8N2O2S.C4H3ClN2/c7-5-1-3-6(4-2-5)11(8,9)10;5-4-2-1-3-6-7-4/h1-4H,7H2,(H2,8,9,10);1-3H. The van der Waals surface area contributed by atoms with E-state index >= 15 is 0 Å². The lowest BCUT2D eigenvalue weighted by atomic mass is 10.3. The third kappa shape index (κ3) is 5.09. The highest BCUT2D eigenvalue weighted by Gasteiger charge is 2.04. The van der Waals surface area contributed by atoms with E-state index in [-0.39, 0.29) is 4.90 Å². The molecule has 0 aliphatic carbocycles. The largest absolute Gasteiger partial charge is 0.399 e. The Bertz CT molecular complexity index is 587. The van der Waals surface area contributed by atoms with Crippen molar-refractivity contribution < 1.29 is 8.42 Å². The fourth-order valence-electron chi connectivity index (χ4n) is 0.940. The second-order valence-electron chi connectivity index (χ2n) is 3.16. The number of primary sulfonamides is 1. The summed E-state index contributed by atoms with van der Waals surface area (Å²) < 4.78 is 21.4. The zero-order valence-corrected chi connectivity index (χ0v) is 10.8. The number of sulfonamides is 1. The van der Waals surface area contributed by atoms with E-state index in [1.165, 1.54) is 24.3 Å². The van der Waals surface area contributed by atoms with Gasteiger partial charge in [0.15, 0.2) is 5.15 Å². The molecule has 6 nitrogen and oxygen atoms in total. The summed E-state index contributed by atoms with van der Waals surface area (Å²) in [5, 5.41) is 12.3. The second-order valence-corrected chi connectivity index (χ2v) is 5.11. The number of rotatable bonds is 1. The second kappa shape index (κ2) is 6.29. The van der Waals surface area contributed by atoms with Crippen molar-refractivity contribution in [2.75, 3.05) is 5.73 Å². The normalized spacial score (nSPS) is 10.3. The molecule has 1 heterocycles. The summed E-state index contributed by atoms with van der Waals surface area (Å²) >= 11 is 5.37. The zero-order chi connectivity index (χ0) is 13.6. The number of nitrogens with zero attached hydrogens (tertiary/aromatic N) is 2. The number of nitrogen functional groups attached to an aromatic ring is 1. The minimum Gasteiger partial charge on any atom is -0.399 e. The molecule has 4 N–H and O–H groups in total. The Morgan fingerprint density at radius 1 is 1.11 bits per heavy atom. The first-order valence-corrected chi connectivity index (χ1v) is 6.63. The van der Waals surface area contributed by atoms with E-state index in [9.17, 15) is 8.42 Å². The van der Waals surface area contributed by atoms with Gasteiger partial charge in [-0.25, -0.2) is 13.6 Å². The van der Waals surface area contributed by atoms with Gasteiger partial charge in [0.25, 0.3) is 0 Å². The van der Waals surface area contributed by atoms with Crippen LogP contribution in [-0.2, 0) is 10.0 Å². The van der Waals surface area contributed by atoms with E-state index in [1.54, 1.807) is 18.3 Å². The van der Waals surface area contributed by atoms with Crippen LogP contribution < -0.4 is 10.9 Å². The highest BCUT2D eigenvalue weighted by Crippen LogP contribution is 2.08. The van der Waals surface area contributed by atoms with Crippen molar-refractivity contribution in [1.82, 2.24) is 10.2 Å². The summed E-state index contributed by atoms with van der Waals surface area (Å²) in [6, 6.07) is 9.11. The molecule has 0 amide bonds. The molecule has 0 radical (unpaired) electrons. The van der Waals surface area contributed by atoms with Gasteiger partial charge in [0.05, 0.1) is 4.90 Å². The van der Waals surface area contributed by atoms with Gasteiger partial charge < -0.3 is 5.73 Å². The molecule has 0 aliphatic heterocycles. The van der Waals surface area contributed by atoms with Gasteiger partial charge in [-0.1, -0.05) is 11.6 Å². The maximum Gasteiger partial charge on any atom is 0.238 e. The van der Waals surface area contributed by atoms with Crippen LogP contribution >= 0.6 is 11.6 Å². The number of benzene rings is 1. The summed E-state index contributed by atoms with van der Waals surface area (Å²) in [5.74, 6) is 0. The van der Waals surface area contributed by atoms with Crippen LogP contribution in [-0.4, -0.2) is 18.6 Å². The molecule has 8 heteroatoms. The number of halogens is 1. The van der Waals surface area contributed by atoms with Crippen LogP contribution in [0, 0.1) is 0 Å². The summed E-state index contributed by atoms with van der Waals surface area (Å²) in [4.78, 5) is 0.0756. The number of anilines is 1. The molecule has 0 spiro atoms. The molecular weight excluding hydrogens is 276 g/mol. The molecule has 1 aromatic carbocycles. The van der Waals surface area contributed by atoms with Gasteiger partial charge in [0.2, 0.25) is 10.0 Å². The average Bonchev–Trinajstić information content (AvgIpc) is 2.30. The quantitative estimate of drug-likeness (QED) is 0.761. The maximum atomic E-state index is 10.7. The lowest BCUT2D eigenvalue weighted by molar-refractivity contribution is 0.598. The highest BCUT2D eigenvalue weighted by molar-refractivity contribution is 7.89. The number of aromatic nitrogens is 2. The Morgan fingerprint density at radius 3 is 2.06 bits per heavy atom. The smallest absolute Gasteiger partial charge is 0.238 e. The zero-order valence-electron chi connectivity index (χ0n) is 9.19. The van der Waals surface area contributed by atoms with Gasteiger partial charge in [-0.05, 0) is 36.4 Å². The Balaban J connectivity index is 0.000000199. The Hall–Kier alpha value is -1.70. The topological polar surface area (TPSA) is 112 Å². The van der Waals surface area contributed by atoms with Gasteiger partial charge in [0.1, 0.15) is 0 Å². The molecular formula is C10H11ClN4O2S. The summed E-state index contributed by atoms with van der Waals surface area (Å²) in [5.41, 5.74) is 5.85. The number of hydrogen-bond acceptors (Lipinski definition) is 5. The first-order valence-electron chi connectivity index (χ1n) is 4.71. The van der Waals surface area contributed by atoms with E-state index in [4.69, 9.17) is 22.5 Å². The van der Waals surface area contributed by atoms with Crippen molar-refractivity contribution in [1.29, 1.82) is 0 Å². The van der Waals surface area contributed by atoms with Crippen molar-refractivity contribution in [2.24, 2.45) is 5.14 Å². The van der Waals surface area contributed by atoms with Crippen LogP contribution in [0.1, 0.15) is 0 Å². The molecule has 1 aromatic heterocycles. The van der Waals surface area contributed by atoms with Crippen molar-refractivity contribution >= 4 is 27.3 Å². The summed E-state index contributed by atoms with van der Waals surface area (Å²) in [6.07, 6.45) is 1.58. The Morgan fingerprint density at radius 2 is 1.72 bits per heavy atom. The van der Waals surface area contributed by atoms with E-state index in [0.29, 0.717) is 10.8 Å². The molecule has 96 valence electrons. The van der Waals surface area contributed by atoms with Crippen molar-refractivity contribution in [3.63, 3.8) is 0 Å². The Labute approximate surface area is 110 Å². The van der Waals surface area contributed by atoms with Crippen LogP contribution in [0.15, 0.2) is 47.5 Å². The van der Waals surface area contributed by atoms with Crippen LogP contribution in [0.2, 0.25) is 5.15 Å². The molecule has 0 fully saturated rings. The van der Waals surface area contributed by atoms with E-state index in [0.717, 1.165) is 0 Å². The Kier molecular flexibility index (Phi) is 5.02. The highest BCUT2D eigenvalue weighted by atomic mass is 35.5. The van der Waals surface area contributed by atoms with Gasteiger partial charge in [0, 0.05) is 11.9 Å². The molecule has 0 atom stereocenters. The molecule has 0 saturated carbocycles. The predicted molar refractivity (Wildman–Crippen MR) is 69.3 cm³/mol. The van der Waals surface area contributed by atoms with Gasteiger partial charge >= 0.3 is 0 Å². The van der Waals surface area contributed by atoms with Crippen molar-refractivity contribution in [2.45, 2.75) is 4.90 Å².